The van der Waals surface area contributed by atoms with Crippen LogP contribution in [0.25, 0.3) is 5.69 Å². The first kappa shape index (κ1) is 12.8. The highest BCUT2D eigenvalue weighted by atomic mass is 15.3. The van der Waals surface area contributed by atoms with Gasteiger partial charge in [-0.1, -0.05) is 18.2 Å². The fourth-order valence-corrected chi connectivity index (χ4v) is 2.24. The molecule has 1 aromatic heterocycles. The van der Waals surface area contributed by atoms with E-state index in [1.165, 1.54) is 23.2 Å². The average Bonchev–Trinajstić information content (AvgIpc) is 2.82. The van der Waals surface area contributed by atoms with Crippen molar-refractivity contribution in [2.75, 3.05) is 20.6 Å². The highest BCUT2D eigenvalue weighted by molar-refractivity contribution is 5.47. The zero-order valence-electron chi connectivity index (χ0n) is 11.4. The summed E-state index contributed by atoms with van der Waals surface area (Å²) < 4.78 is 1.97. The van der Waals surface area contributed by atoms with Crippen molar-refractivity contribution in [3.8, 4) is 5.69 Å². The van der Waals surface area contributed by atoms with Crippen LogP contribution in [0.3, 0.4) is 0 Å². The standard InChI is InChI=1S/C15H21N3/c1-13-7-4-8-14(9-5-11-17(2)3)15(13)18-12-6-10-16-18/h4,6-8,10,12H,5,9,11H2,1-3H3. The normalized spacial score (nSPS) is 11.1. The van der Waals surface area contributed by atoms with Crippen LogP contribution in [0, 0.1) is 6.92 Å². The van der Waals surface area contributed by atoms with Crippen LogP contribution in [-0.2, 0) is 6.42 Å². The molecule has 0 radical (unpaired) electrons. The van der Waals surface area contributed by atoms with Gasteiger partial charge >= 0.3 is 0 Å². The third-order valence-electron chi connectivity index (χ3n) is 3.11. The van der Waals surface area contributed by atoms with Gasteiger partial charge < -0.3 is 4.90 Å². The Bertz CT molecular complexity index is 486. The van der Waals surface area contributed by atoms with Crippen LogP contribution >= 0.6 is 0 Å². The van der Waals surface area contributed by atoms with E-state index >= 15 is 0 Å². The fraction of sp³-hybridized carbons (Fsp3) is 0.400. The number of hydrogen-bond acceptors (Lipinski definition) is 2. The molecule has 0 aliphatic rings. The number of para-hydroxylation sites is 1. The lowest BCUT2D eigenvalue weighted by Crippen LogP contribution is -2.14. The summed E-state index contributed by atoms with van der Waals surface area (Å²) in [4.78, 5) is 2.23. The van der Waals surface area contributed by atoms with Gasteiger partial charge in [0.25, 0.3) is 0 Å². The Morgan fingerprint density at radius 2 is 2.06 bits per heavy atom. The van der Waals surface area contributed by atoms with Crippen LogP contribution in [0.4, 0.5) is 0 Å². The van der Waals surface area contributed by atoms with E-state index in [9.17, 15) is 0 Å². The van der Waals surface area contributed by atoms with E-state index in [1.54, 1.807) is 0 Å². The van der Waals surface area contributed by atoms with Crippen LogP contribution in [-0.4, -0.2) is 35.3 Å². The van der Waals surface area contributed by atoms with E-state index < -0.39 is 0 Å². The Kier molecular flexibility index (Phi) is 4.15. The molecular formula is C15H21N3. The minimum Gasteiger partial charge on any atom is -0.309 e. The summed E-state index contributed by atoms with van der Waals surface area (Å²) in [6, 6.07) is 8.45. The van der Waals surface area contributed by atoms with E-state index in [0.717, 1.165) is 13.0 Å². The predicted octanol–water partition coefficient (Wildman–Crippen LogP) is 2.67. The predicted molar refractivity (Wildman–Crippen MR) is 75.2 cm³/mol. The van der Waals surface area contributed by atoms with Gasteiger partial charge in [0.15, 0.2) is 0 Å². The molecule has 18 heavy (non-hydrogen) atoms. The fourth-order valence-electron chi connectivity index (χ4n) is 2.24. The van der Waals surface area contributed by atoms with Crippen LogP contribution in [0.15, 0.2) is 36.7 Å². The van der Waals surface area contributed by atoms with Crippen LogP contribution < -0.4 is 0 Å². The highest BCUT2D eigenvalue weighted by Gasteiger charge is 2.07. The number of aromatic nitrogens is 2. The van der Waals surface area contributed by atoms with Gasteiger partial charge in [-0.2, -0.15) is 5.10 Å². The second-order valence-electron chi connectivity index (χ2n) is 4.94. The Morgan fingerprint density at radius 1 is 1.22 bits per heavy atom. The summed E-state index contributed by atoms with van der Waals surface area (Å²) in [5.74, 6) is 0. The average molecular weight is 243 g/mol. The largest absolute Gasteiger partial charge is 0.309 e. The van der Waals surface area contributed by atoms with Gasteiger partial charge in [-0.15, -0.1) is 0 Å². The molecule has 0 unspecified atom stereocenters. The van der Waals surface area contributed by atoms with Crippen molar-refractivity contribution in [2.45, 2.75) is 19.8 Å². The summed E-state index contributed by atoms with van der Waals surface area (Å²) >= 11 is 0. The van der Waals surface area contributed by atoms with Crippen molar-refractivity contribution < 1.29 is 0 Å². The van der Waals surface area contributed by atoms with E-state index in [4.69, 9.17) is 0 Å². The van der Waals surface area contributed by atoms with E-state index in [-0.39, 0.29) is 0 Å². The molecule has 0 saturated heterocycles. The van der Waals surface area contributed by atoms with Crippen molar-refractivity contribution in [1.82, 2.24) is 14.7 Å². The Balaban J connectivity index is 2.22. The van der Waals surface area contributed by atoms with E-state index in [0.29, 0.717) is 0 Å². The molecule has 0 aliphatic heterocycles. The number of rotatable bonds is 5. The van der Waals surface area contributed by atoms with Gasteiger partial charge in [-0.05, 0) is 57.6 Å². The van der Waals surface area contributed by atoms with Crippen molar-refractivity contribution in [1.29, 1.82) is 0 Å². The first-order valence-electron chi connectivity index (χ1n) is 6.41. The Hall–Kier alpha value is -1.61. The molecule has 0 amide bonds. The minimum atomic E-state index is 1.09. The third kappa shape index (κ3) is 2.99. The quantitative estimate of drug-likeness (QED) is 0.805. The van der Waals surface area contributed by atoms with Gasteiger partial charge in [0.1, 0.15) is 0 Å². The molecule has 96 valence electrons. The van der Waals surface area contributed by atoms with Crippen LogP contribution in [0.5, 0.6) is 0 Å². The van der Waals surface area contributed by atoms with Crippen molar-refractivity contribution in [2.24, 2.45) is 0 Å². The molecule has 1 heterocycles. The monoisotopic (exact) mass is 243 g/mol. The summed E-state index contributed by atoms with van der Waals surface area (Å²) in [7, 11) is 4.23. The molecule has 0 bridgehead atoms. The van der Waals surface area contributed by atoms with Crippen LogP contribution in [0.1, 0.15) is 17.5 Å². The topological polar surface area (TPSA) is 21.1 Å². The molecule has 0 aliphatic carbocycles. The van der Waals surface area contributed by atoms with Crippen LogP contribution in [0.2, 0.25) is 0 Å². The van der Waals surface area contributed by atoms with E-state index in [2.05, 4.69) is 49.2 Å². The molecule has 0 spiro atoms. The van der Waals surface area contributed by atoms with Crippen molar-refractivity contribution >= 4 is 0 Å². The second kappa shape index (κ2) is 5.83. The molecule has 0 fully saturated rings. The molecule has 0 N–H and O–H groups in total. The summed E-state index contributed by atoms with van der Waals surface area (Å²) in [5, 5.41) is 4.36. The number of aryl methyl sites for hydroxylation is 2. The van der Waals surface area contributed by atoms with Gasteiger partial charge in [0.2, 0.25) is 0 Å². The summed E-state index contributed by atoms with van der Waals surface area (Å²) in [6.45, 7) is 3.26. The first-order valence-corrected chi connectivity index (χ1v) is 6.41. The number of hydrogen-bond donors (Lipinski definition) is 0. The molecule has 0 atom stereocenters. The second-order valence-corrected chi connectivity index (χ2v) is 4.94. The Labute approximate surface area is 109 Å². The van der Waals surface area contributed by atoms with Gasteiger partial charge in [0.05, 0.1) is 5.69 Å². The van der Waals surface area contributed by atoms with E-state index in [1.807, 2.05) is 23.1 Å². The minimum absolute atomic E-state index is 1.09. The van der Waals surface area contributed by atoms with Crippen molar-refractivity contribution in [3.63, 3.8) is 0 Å². The maximum absolute atomic E-state index is 4.36. The number of benzene rings is 1. The molecule has 0 saturated carbocycles. The molecule has 2 rings (SSSR count). The maximum atomic E-state index is 4.36. The maximum Gasteiger partial charge on any atom is 0.0706 e. The summed E-state index contributed by atoms with van der Waals surface area (Å²) in [5.41, 5.74) is 3.89. The van der Waals surface area contributed by atoms with Gasteiger partial charge in [-0.3, -0.25) is 0 Å². The number of nitrogens with zero attached hydrogens (tertiary/aromatic N) is 3. The Morgan fingerprint density at radius 3 is 2.72 bits per heavy atom. The molecule has 1 aromatic carbocycles. The first-order chi connectivity index (χ1) is 8.68. The lowest BCUT2D eigenvalue weighted by Gasteiger charge is -2.14. The van der Waals surface area contributed by atoms with Crippen molar-refractivity contribution in [3.05, 3.63) is 47.8 Å². The zero-order chi connectivity index (χ0) is 13.0. The summed E-state index contributed by atoms with van der Waals surface area (Å²) in [6.07, 6.45) is 6.10. The van der Waals surface area contributed by atoms with Gasteiger partial charge in [0, 0.05) is 12.4 Å². The SMILES string of the molecule is Cc1cccc(CCCN(C)C)c1-n1cccn1. The third-order valence-corrected chi connectivity index (χ3v) is 3.11. The molecule has 2 aromatic rings. The zero-order valence-corrected chi connectivity index (χ0v) is 11.4. The lowest BCUT2D eigenvalue weighted by atomic mass is 10.0. The van der Waals surface area contributed by atoms with Gasteiger partial charge in [-0.25, -0.2) is 4.68 Å². The molecule has 3 heteroatoms. The highest BCUT2D eigenvalue weighted by Crippen LogP contribution is 2.20. The lowest BCUT2D eigenvalue weighted by molar-refractivity contribution is 0.400. The smallest absolute Gasteiger partial charge is 0.0706 e. The molecular weight excluding hydrogens is 222 g/mol. The molecule has 3 nitrogen and oxygen atoms in total.